The van der Waals surface area contributed by atoms with Crippen LogP contribution in [0.1, 0.15) is 58.3 Å². The minimum atomic E-state index is 0.320. The second-order valence-corrected chi connectivity index (χ2v) is 4.40. The third-order valence-electron chi connectivity index (χ3n) is 3.27. The van der Waals surface area contributed by atoms with E-state index in [1.54, 1.807) is 0 Å². The van der Waals surface area contributed by atoms with E-state index < -0.39 is 0 Å². The smallest absolute Gasteiger partial charge is 0.0243 e. The predicted octanol–water partition coefficient (Wildman–Crippen LogP) is 3.09. The first-order chi connectivity index (χ1) is 6.84. The van der Waals surface area contributed by atoms with Crippen molar-refractivity contribution in [3.8, 4) is 11.8 Å². The minimum absolute atomic E-state index is 0.320. The lowest BCUT2D eigenvalue weighted by Crippen LogP contribution is -2.30. The number of hydrogen-bond donors (Lipinski definition) is 1. The summed E-state index contributed by atoms with van der Waals surface area (Å²) in [6.45, 7) is 1.89. The predicted molar refractivity (Wildman–Crippen MR) is 61.9 cm³/mol. The molecule has 1 fully saturated rings. The summed E-state index contributed by atoms with van der Waals surface area (Å²) in [6.07, 6.45) is 10.5. The normalized spacial score (nSPS) is 21.6. The molecule has 1 aliphatic carbocycles. The van der Waals surface area contributed by atoms with Crippen LogP contribution in [0.5, 0.6) is 0 Å². The molecule has 0 aromatic heterocycles. The molecule has 1 aliphatic rings. The lowest BCUT2D eigenvalue weighted by Gasteiger charge is -2.24. The molecule has 0 spiro atoms. The molecule has 0 bridgehead atoms. The van der Waals surface area contributed by atoms with E-state index >= 15 is 0 Å². The van der Waals surface area contributed by atoms with Gasteiger partial charge in [0.15, 0.2) is 0 Å². The summed E-state index contributed by atoms with van der Waals surface area (Å²) in [4.78, 5) is 0. The van der Waals surface area contributed by atoms with E-state index in [0.29, 0.717) is 6.04 Å². The fraction of sp³-hybridized carbons (Fsp3) is 0.846. The molecule has 14 heavy (non-hydrogen) atoms. The van der Waals surface area contributed by atoms with Gasteiger partial charge in [0, 0.05) is 12.5 Å². The monoisotopic (exact) mass is 193 g/mol. The highest BCUT2D eigenvalue weighted by Crippen LogP contribution is 2.24. The highest BCUT2D eigenvalue weighted by Gasteiger charge is 2.17. The molecule has 2 N–H and O–H groups in total. The molecular weight excluding hydrogens is 170 g/mol. The quantitative estimate of drug-likeness (QED) is 0.670. The zero-order chi connectivity index (χ0) is 10.2. The standard InChI is InChI=1S/C13H23N/c1-2-3-11-13(14)12-9-7-5-4-6-8-10-12/h12-13H,4-11,14H2,1H3. The Labute approximate surface area is 88.5 Å². The number of nitrogens with two attached hydrogens (primary N) is 1. The second-order valence-electron chi connectivity index (χ2n) is 4.40. The molecule has 0 saturated heterocycles. The average molecular weight is 193 g/mol. The summed E-state index contributed by atoms with van der Waals surface area (Å²) in [5.41, 5.74) is 6.15. The Bertz CT molecular complexity index is 191. The van der Waals surface area contributed by atoms with Crippen LogP contribution in [0.25, 0.3) is 0 Å². The molecule has 1 saturated carbocycles. The highest BCUT2D eigenvalue weighted by atomic mass is 14.6. The lowest BCUT2D eigenvalue weighted by atomic mass is 9.85. The molecule has 80 valence electrons. The lowest BCUT2D eigenvalue weighted by molar-refractivity contribution is 0.326. The van der Waals surface area contributed by atoms with Crippen molar-refractivity contribution < 1.29 is 0 Å². The van der Waals surface area contributed by atoms with Crippen molar-refractivity contribution in [2.45, 2.75) is 64.3 Å². The van der Waals surface area contributed by atoms with Gasteiger partial charge in [-0.1, -0.05) is 32.1 Å². The van der Waals surface area contributed by atoms with Gasteiger partial charge in [0.1, 0.15) is 0 Å². The van der Waals surface area contributed by atoms with Crippen molar-refractivity contribution in [3.05, 3.63) is 0 Å². The van der Waals surface area contributed by atoms with E-state index in [-0.39, 0.29) is 0 Å². The average Bonchev–Trinajstić information content (AvgIpc) is 2.13. The van der Waals surface area contributed by atoms with Gasteiger partial charge in [-0.2, -0.15) is 0 Å². The van der Waals surface area contributed by atoms with Crippen molar-refractivity contribution in [3.63, 3.8) is 0 Å². The zero-order valence-electron chi connectivity index (χ0n) is 9.39. The van der Waals surface area contributed by atoms with Crippen molar-refractivity contribution in [1.29, 1.82) is 0 Å². The maximum Gasteiger partial charge on any atom is 0.0243 e. The Hall–Kier alpha value is -0.480. The molecule has 0 aromatic rings. The highest BCUT2D eigenvalue weighted by molar-refractivity contribution is 4.98. The topological polar surface area (TPSA) is 26.0 Å². The zero-order valence-corrected chi connectivity index (χ0v) is 9.39. The molecule has 1 atom stereocenters. The van der Waals surface area contributed by atoms with E-state index in [9.17, 15) is 0 Å². The number of rotatable bonds is 2. The Morgan fingerprint density at radius 1 is 1.14 bits per heavy atom. The maximum atomic E-state index is 6.15. The van der Waals surface area contributed by atoms with Gasteiger partial charge in [0.2, 0.25) is 0 Å². The minimum Gasteiger partial charge on any atom is -0.327 e. The van der Waals surface area contributed by atoms with Crippen molar-refractivity contribution in [2.24, 2.45) is 11.7 Å². The summed E-state index contributed by atoms with van der Waals surface area (Å²) in [5.74, 6) is 6.77. The Balaban J connectivity index is 2.33. The van der Waals surface area contributed by atoms with Crippen LogP contribution in [0.4, 0.5) is 0 Å². The molecule has 0 aliphatic heterocycles. The Morgan fingerprint density at radius 2 is 1.71 bits per heavy atom. The van der Waals surface area contributed by atoms with Gasteiger partial charge >= 0.3 is 0 Å². The Morgan fingerprint density at radius 3 is 2.29 bits per heavy atom. The first kappa shape index (κ1) is 11.6. The van der Waals surface area contributed by atoms with E-state index in [2.05, 4.69) is 11.8 Å². The summed E-state index contributed by atoms with van der Waals surface area (Å²) in [5, 5.41) is 0. The van der Waals surface area contributed by atoms with Gasteiger partial charge in [-0.25, -0.2) is 0 Å². The van der Waals surface area contributed by atoms with Crippen LogP contribution < -0.4 is 5.73 Å². The largest absolute Gasteiger partial charge is 0.327 e. The van der Waals surface area contributed by atoms with Gasteiger partial charge in [0.05, 0.1) is 0 Å². The SMILES string of the molecule is CC#CCC(N)C1CCCCCCC1. The molecule has 0 heterocycles. The van der Waals surface area contributed by atoms with Gasteiger partial charge in [-0.3, -0.25) is 0 Å². The third kappa shape index (κ3) is 4.15. The van der Waals surface area contributed by atoms with E-state index in [4.69, 9.17) is 5.73 Å². The van der Waals surface area contributed by atoms with Gasteiger partial charge < -0.3 is 5.73 Å². The second kappa shape index (κ2) is 6.90. The van der Waals surface area contributed by atoms with Crippen LogP contribution in [0.3, 0.4) is 0 Å². The van der Waals surface area contributed by atoms with Crippen molar-refractivity contribution in [2.75, 3.05) is 0 Å². The molecule has 0 radical (unpaired) electrons. The van der Waals surface area contributed by atoms with Crippen molar-refractivity contribution in [1.82, 2.24) is 0 Å². The fourth-order valence-corrected chi connectivity index (χ4v) is 2.30. The van der Waals surface area contributed by atoms with Crippen LogP contribution >= 0.6 is 0 Å². The summed E-state index contributed by atoms with van der Waals surface area (Å²) < 4.78 is 0. The first-order valence-electron chi connectivity index (χ1n) is 5.99. The van der Waals surface area contributed by atoms with Crippen molar-refractivity contribution >= 4 is 0 Å². The van der Waals surface area contributed by atoms with Crippen LogP contribution in [0.2, 0.25) is 0 Å². The summed E-state index contributed by atoms with van der Waals surface area (Å²) >= 11 is 0. The summed E-state index contributed by atoms with van der Waals surface area (Å²) in [7, 11) is 0. The first-order valence-corrected chi connectivity index (χ1v) is 5.99. The van der Waals surface area contributed by atoms with E-state index in [1.165, 1.54) is 44.9 Å². The summed E-state index contributed by atoms with van der Waals surface area (Å²) in [6, 6.07) is 0.320. The van der Waals surface area contributed by atoms with Gasteiger partial charge in [-0.05, 0) is 25.7 Å². The van der Waals surface area contributed by atoms with E-state index in [1.807, 2.05) is 6.92 Å². The molecule has 1 nitrogen and oxygen atoms in total. The van der Waals surface area contributed by atoms with Crippen LogP contribution in [-0.4, -0.2) is 6.04 Å². The molecule has 1 rings (SSSR count). The van der Waals surface area contributed by atoms with Crippen LogP contribution in [-0.2, 0) is 0 Å². The van der Waals surface area contributed by atoms with E-state index in [0.717, 1.165) is 12.3 Å². The maximum absolute atomic E-state index is 6.15. The van der Waals surface area contributed by atoms with Gasteiger partial charge in [0.25, 0.3) is 0 Å². The van der Waals surface area contributed by atoms with Crippen LogP contribution in [0, 0.1) is 17.8 Å². The molecule has 0 aromatic carbocycles. The third-order valence-corrected chi connectivity index (χ3v) is 3.27. The molecule has 1 unspecified atom stereocenters. The number of hydrogen-bond acceptors (Lipinski definition) is 1. The molecule has 1 heteroatoms. The molecular formula is C13H23N. The van der Waals surface area contributed by atoms with Gasteiger partial charge in [-0.15, -0.1) is 11.8 Å². The van der Waals surface area contributed by atoms with Crippen LogP contribution in [0.15, 0.2) is 0 Å². The molecule has 0 amide bonds. The Kier molecular flexibility index (Phi) is 5.71. The fourth-order valence-electron chi connectivity index (χ4n) is 2.30.